The number of benzene rings is 2. The quantitative estimate of drug-likeness (QED) is 0.805. The Morgan fingerprint density at radius 2 is 2.00 bits per heavy atom. The van der Waals surface area contributed by atoms with Crippen molar-refractivity contribution in [2.45, 2.75) is 6.10 Å². The summed E-state index contributed by atoms with van der Waals surface area (Å²) in [6, 6.07) is 11.7. The van der Waals surface area contributed by atoms with Gasteiger partial charge in [0.25, 0.3) is 0 Å². The summed E-state index contributed by atoms with van der Waals surface area (Å²) in [5.41, 5.74) is 1.75. The van der Waals surface area contributed by atoms with Gasteiger partial charge in [-0.15, -0.1) is 0 Å². The first kappa shape index (κ1) is 13.6. The number of para-hydroxylation sites is 1. The molecule has 21 heavy (non-hydrogen) atoms. The molecule has 0 bridgehead atoms. The van der Waals surface area contributed by atoms with E-state index in [-0.39, 0.29) is 0 Å². The van der Waals surface area contributed by atoms with Crippen molar-refractivity contribution in [1.29, 1.82) is 0 Å². The zero-order chi connectivity index (χ0) is 15.0. The van der Waals surface area contributed by atoms with E-state index in [4.69, 9.17) is 4.74 Å². The van der Waals surface area contributed by atoms with Crippen molar-refractivity contribution in [1.82, 2.24) is 9.78 Å². The molecular formula is C16H15FN2O2. The molecule has 1 unspecified atom stereocenters. The van der Waals surface area contributed by atoms with Crippen LogP contribution in [-0.2, 0) is 7.05 Å². The van der Waals surface area contributed by atoms with Gasteiger partial charge >= 0.3 is 0 Å². The number of hydrogen-bond donors (Lipinski definition) is 1. The largest absolute Gasteiger partial charge is 0.496 e. The third-order valence-corrected chi connectivity index (χ3v) is 3.53. The molecule has 0 fully saturated rings. The lowest BCUT2D eigenvalue weighted by atomic mass is 10.0. The highest BCUT2D eigenvalue weighted by Gasteiger charge is 2.22. The van der Waals surface area contributed by atoms with Crippen LogP contribution in [0.4, 0.5) is 4.39 Å². The van der Waals surface area contributed by atoms with E-state index in [1.165, 1.54) is 25.3 Å². The smallest absolute Gasteiger partial charge is 0.127 e. The SMILES string of the molecule is COc1ccc(F)cc1C(O)c1nn(C)c2ccccc12. The molecular weight excluding hydrogens is 271 g/mol. The molecule has 0 spiro atoms. The van der Waals surface area contributed by atoms with Crippen LogP contribution in [0, 0.1) is 5.82 Å². The highest BCUT2D eigenvalue weighted by molar-refractivity contribution is 5.82. The molecule has 4 nitrogen and oxygen atoms in total. The Bertz CT molecular complexity index is 798. The van der Waals surface area contributed by atoms with Gasteiger partial charge in [0, 0.05) is 18.0 Å². The summed E-state index contributed by atoms with van der Waals surface area (Å²) >= 11 is 0. The van der Waals surface area contributed by atoms with Crippen molar-refractivity contribution < 1.29 is 14.2 Å². The van der Waals surface area contributed by atoms with Crippen LogP contribution in [0.25, 0.3) is 10.9 Å². The van der Waals surface area contributed by atoms with Gasteiger partial charge in [0.05, 0.1) is 12.6 Å². The molecule has 0 radical (unpaired) electrons. The lowest BCUT2D eigenvalue weighted by Crippen LogP contribution is -2.05. The first-order valence-electron chi connectivity index (χ1n) is 6.55. The Hall–Kier alpha value is -2.40. The summed E-state index contributed by atoms with van der Waals surface area (Å²) in [6.07, 6.45) is -1.05. The Labute approximate surface area is 121 Å². The first-order chi connectivity index (χ1) is 10.1. The number of ether oxygens (including phenoxy) is 1. The summed E-state index contributed by atoms with van der Waals surface area (Å²) in [4.78, 5) is 0. The number of hydrogen-bond acceptors (Lipinski definition) is 3. The number of aliphatic hydroxyl groups excluding tert-OH is 1. The van der Waals surface area contributed by atoms with Crippen molar-refractivity contribution in [3.05, 3.63) is 59.5 Å². The fraction of sp³-hybridized carbons (Fsp3) is 0.188. The highest BCUT2D eigenvalue weighted by atomic mass is 19.1. The minimum atomic E-state index is -1.05. The van der Waals surface area contributed by atoms with E-state index in [1.54, 1.807) is 11.7 Å². The second-order valence-corrected chi connectivity index (χ2v) is 4.81. The van der Waals surface area contributed by atoms with Gasteiger partial charge < -0.3 is 9.84 Å². The normalized spacial score (nSPS) is 12.6. The molecule has 1 N–H and O–H groups in total. The zero-order valence-corrected chi connectivity index (χ0v) is 11.7. The lowest BCUT2D eigenvalue weighted by Gasteiger charge is -2.13. The maximum atomic E-state index is 13.5. The van der Waals surface area contributed by atoms with Crippen LogP contribution in [0.15, 0.2) is 42.5 Å². The molecule has 0 saturated carbocycles. The summed E-state index contributed by atoms with van der Waals surface area (Å²) in [5.74, 6) is 0.00345. The molecule has 0 aliphatic heterocycles. The molecule has 0 amide bonds. The Morgan fingerprint density at radius 1 is 1.24 bits per heavy atom. The van der Waals surface area contributed by atoms with Crippen molar-refractivity contribution in [2.24, 2.45) is 7.05 Å². The van der Waals surface area contributed by atoms with Crippen LogP contribution < -0.4 is 4.74 Å². The molecule has 3 aromatic rings. The summed E-state index contributed by atoms with van der Waals surface area (Å²) < 4.78 is 20.4. The molecule has 3 rings (SSSR count). The Kier molecular flexibility index (Phi) is 3.35. The average molecular weight is 286 g/mol. The standard InChI is InChI=1S/C16H15FN2O2/c1-19-13-6-4-3-5-11(13)15(18-19)16(20)12-9-10(17)7-8-14(12)21-2/h3-9,16,20H,1-2H3. The van der Waals surface area contributed by atoms with Crippen LogP contribution in [-0.4, -0.2) is 22.0 Å². The van der Waals surface area contributed by atoms with Crippen LogP contribution in [0.1, 0.15) is 17.4 Å². The second kappa shape index (κ2) is 5.18. The first-order valence-corrected chi connectivity index (χ1v) is 6.55. The topological polar surface area (TPSA) is 47.3 Å². The van der Waals surface area contributed by atoms with Gasteiger partial charge in [-0.2, -0.15) is 5.10 Å². The molecule has 2 aromatic carbocycles. The van der Waals surface area contributed by atoms with Gasteiger partial charge in [-0.3, -0.25) is 4.68 Å². The minimum absolute atomic E-state index is 0.362. The van der Waals surface area contributed by atoms with Crippen LogP contribution in [0.2, 0.25) is 0 Å². The molecule has 5 heteroatoms. The highest BCUT2D eigenvalue weighted by Crippen LogP contribution is 2.33. The van der Waals surface area contributed by atoms with E-state index in [2.05, 4.69) is 5.10 Å². The van der Waals surface area contributed by atoms with Crippen LogP contribution in [0.5, 0.6) is 5.75 Å². The third-order valence-electron chi connectivity index (χ3n) is 3.53. The van der Waals surface area contributed by atoms with E-state index < -0.39 is 11.9 Å². The van der Waals surface area contributed by atoms with Crippen molar-refractivity contribution in [2.75, 3.05) is 7.11 Å². The molecule has 1 atom stereocenters. The molecule has 0 aliphatic carbocycles. The Morgan fingerprint density at radius 3 is 2.76 bits per heavy atom. The van der Waals surface area contributed by atoms with Gasteiger partial charge in [-0.1, -0.05) is 18.2 Å². The van der Waals surface area contributed by atoms with Crippen molar-refractivity contribution in [3.8, 4) is 5.75 Å². The summed E-state index contributed by atoms with van der Waals surface area (Å²) in [7, 11) is 3.29. The number of aromatic nitrogens is 2. The number of aliphatic hydroxyl groups is 1. The van der Waals surface area contributed by atoms with Gasteiger partial charge in [-0.05, 0) is 24.3 Å². The fourth-order valence-electron chi connectivity index (χ4n) is 2.51. The number of halogens is 1. The van der Waals surface area contributed by atoms with Crippen LogP contribution >= 0.6 is 0 Å². The van der Waals surface area contributed by atoms with E-state index in [1.807, 2.05) is 24.3 Å². The van der Waals surface area contributed by atoms with Gasteiger partial charge in [0.2, 0.25) is 0 Å². The molecule has 1 aromatic heterocycles. The second-order valence-electron chi connectivity index (χ2n) is 4.81. The fourth-order valence-corrected chi connectivity index (χ4v) is 2.51. The Balaban J connectivity index is 2.17. The van der Waals surface area contributed by atoms with E-state index >= 15 is 0 Å². The summed E-state index contributed by atoms with van der Waals surface area (Å²) in [5, 5.41) is 15.8. The van der Waals surface area contributed by atoms with E-state index in [9.17, 15) is 9.50 Å². The maximum absolute atomic E-state index is 13.5. The zero-order valence-electron chi connectivity index (χ0n) is 11.7. The number of nitrogens with zero attached hydrogens (tertiary/aromatic N) is 2. The predicted octanol–water partition coefficient (Wildman–Crippen LogP) is 2.80. The van der Waals surface area contributed by atoms with Gasteiger partial charge in [0.1, 0.15) is 23.4 Å². The molecule has 1 heterocycles. The lowest BCUT2D eigenvalue weighted by molar-refractivity contribution is 0.209. The van der Waals surface area contributed by atoms with Gasteiger partial charge in [0.15, 0.2) is 0 Å². The van der Waals surface area contributed by atoms with Crippen molar-refractivity contribution in [3.63, 3.8) is 0 Å². The van der Waals surface area contributed by atoms with Gasteiger partial charge in [-0.25, -0.2) is 4.39 Å². The summed E-state index contributed by atoms with van der Waals surface area (Å²) in [6.45, 7) is 0. The minimum Gasteiger partial charge on any atom is -0.496 e. The molecule has 0 saturated heterocycles. The average Bonchev–Trinajstić information content (AvgIpc) is 2.84. The number of rotatable bonds is 3. The number of methoxy groups -OCH3 is 1. The van der Waals surface area contributed by atoms with E-state index in [0.717, 1.165) is 10.9 Å². The number of fused-ring (bicyclic) bond motifs is 1. The van der Waals surface area contributed by atoms with E-state index in [0.29, 0.717) is 17.0 Å². The maximum Gasteiger partial charge on any atom is 0.127 e. The predicted molar refractivity (Wildman–Crippen MR) is 77.7 cm³/mol. The monoisotopic (exact) mass is 286 g/mol. The van der Waals surface area contributed by atoms with Crippen LogP contribution in [0.3, 0.4) is 0 Å². The third kappa shape index (κ3) is 2.25. The molecule has 108 valence electrons. The molecule has 0 aliphatic rings. The van der Waals surface area contributed by atoms with Crippen molar-refractivity contribution >= 4 is 10.9 Å². The number of aryl methyl sites for hydroxylation is 1.